The van der Waals surface area contributed by atoms with E-state index in [1.807, 2.05) is 18.2 Å². The lowest BCUT2D eigenvalue weighted by molar-refractivity contribution is -0.120. The Balaban J connectivity index is 2.90. The lowest BCUT2D eigenvalue weighted by Crippen LogP contribution is -2.26. The summed E-state index contributed by atoms with van der Waals surface area (Å²) in [6.45, 7) is 0. The zero-order chi connectivity index (χ0) is 14.3. The van der Waals surface area contributed by atoms with Gasteiger partial charge in [0.1, 0.15) is 0 Å². The highest BCUT2D eigenvalue weighted by atomic mass is 16.1. The van der Waals surface area contributed by atoms with Gasteiger partial charge in [-0.05, 0) is 18.1 Å². The van der Waals surface area contributed by atoms with E-state index < -0.39 is 0 Å². The van der Waals surface area contributed by atoms with Gasteiger partial charge >= 0.3 is 0 Å². The summed E-state index contributed by atoms with van der Waals surface area (Å²) in [4.78, 5) is 19.0. The summed E-state index contributed by atoms with van der Waals surface area (Å²) in [5, 5.41) is 2.57. The van der Waals surface area contributed by atoms with Crippen LogP contribution in [0.25, 0.3) is 0 Å². The van der Waals surface area contributed by atoms with Crippen LogP contribution >= 0.6 is 0 Å². The minimum atomic E-state index is -0.149. The predicted octanol–water partition coefficient (Wildman–Crippen LogP) is -0.415. The summed E-state index contributed by atoms with van der Waals surface area (Å²) in [7, 11) is 1.60. The molecule has 0 bridgehead atoms. The molecule has 0 aliphatic heterocycles. The van der Waals surface area contributed by atoms with Gasteiger partial charge in [0.2, 0.25) is 11.9 Å². The zero-order valence-electron chi connectivity index (χ0n) is 10.8. The van der Waals surface area contributed by atoms with Gasteiger partial charge in [0.15, 0.2) is 5.96 Å². The van der Waals surface area contributed by atoms with Crippen molar-refractivity contribution in [2.24, 2.45) is 27.2 Å². The van der Waals surface area contributed by atoms with Gasteiger partial charge < -0.3 is 22.5 Å². The Labute approximate surface area is 111 Å². The van der Waals surface area contributed by atoms with E-state index in [1.54, 1.807) is 13.1 Å². The van der Waals surface area contributed by atoms with Gasteiger partial charge in [-0.2, -0.15) is 4.99 Å². The van der Waals surface area contributed by atoms with Crippen LogP contribution in [-0.4, -0.2) is 24.9 Å². The smallest absolute Gasteiger partial charge is 0.223 e. The van der Waals surface area contributed by atoms with Crippen molar-refractivity contribution in [2.75, 3.05) is 7.05 Å². The number of carbonyl (C=O) groups is 1. The number of amides is 1. The van der Waals surface area contributed by atoms with Crippen molar-refractivity contribution >= 4 is 23.5 Å². The van der Waals surface area contributed by atoms with Crippen molar-refractivity contribution in [3.05, 3.63) is 29.8 Å². The Kier molecular flexibility index (Phi) is 5.34. The average molecular weight is 262 g/mol. The first-order valence-corrected chi connectivity index (χ1v) is 5.75. The Bertz CT molecular complexity index is 505. The maximum absolute atomic E-state index is 11.2. The maximum Gasteiger partial charge on any atom is 0.223 e. The summed E-state index contributed by atoms with van der Waals surface area (Å²) >= 11 is 0. The molecule has 19 heavy (non-hydrogen) atoms. The molecule has 1 rings (SSSR count). The van der Waals surface area contributed by atoms with E-state index in [0.29, 0.717) is 18.5 Å². The van der Waals surface area contributed by atoms with Crippen LogP contribution in [0.5, 0.6) is 0 Å². The molecule has 0 spiro atoms. The van der Waals surface area contributed by atoms with Crippen molar-refractivity contribution in [2.45, 2.75) is 12.8 Å². The largest absolute Gasteiger partial charge is 0.370 e. The SMILES string of the molecule is CNC(=O)CCc1ccccc1N=C(N)N=C(N)N. The molecule has 0 aliphatic carbocycles. The van der Waals surface area contributed by atoms with Crippen molar-refractivity contribution in [3.63, 3.8) is 0 Å². The molecule has 7 nitrogen and oxygen atoms in total. The summed E-state index contributed by atoms with van der Waals surface area (Å²) in [5.41, 5.74) is 17.6. The highest BCUT2D eigenvalue weighted by molar-refractivity contribution is 5.93. The standard InChI is InChI=1S/C12H18N6O/c1-16-10(19)7-6-8-4-2-3-5-9(8)17-12(15)18-11(13)14/h2-5H,6-7H2,1H3,(H,16,19)(H6,13,14,15,17,18). The van der Waals surface area contributed by atoms with Gasteiger partial charge in [-0.3, -0.25) is 4.79 Å². The minimum absolute atomic E-state index is 0.0209. The van der Waals surface area contributed by atoms with Gasteiger partial charge in [-0.1, -0.05) is 18.2 Å². The van der Waals surface area contributed by atoms with Crippen molar-refractivity contribution in [1.29, 1.82) is 0 Å². The lowest BCUT2D eigenvalue weighted by Gasteiger charge is -2.05. The monoisotopic (exact) mass is 262 g/mol. The number of carbonyl (C=O) groups excluding carboxylic acids is 1. The van der Waals surface area contributed by atoms with E-state index in [2.05, 4.69) is 15.3 Å². The molecule has 0 aromatic heterocycles. The third-order valence-corrected chi connectivity index (χ3v) is 2.37. The molecule has 0 heterocycles. The number of guanidine groups is 2. The number of benzene rings is 1. The molecule has 0 aliphatic rings. The Hall–Kier alpha value is -2.57. The number of aryl methyl sites for hydroxylation is 1. The summed E-state index contributed by atoms with van der Waals surface area (Å²) in [6, 6.07) is 7.36. The molecule has 1 aromatic rings. The molecule has 0 unspecified atom stereocenters. The van der Waals surface area contributed by atoms with Gasteiger partial charge in [-0.25, -0.2) is 4.99 Å². The third kappa shape index (κ3) is 5.07. The van der Waals surface area contributed by atoms with Crippen LogP contribution in [0, 0.1) is 0 Å². The van der Waals surface area contributed by atoms with Crippen molar-refractivity contribution in [3.8, 4) is 0 Å². The van der Waals surface area contributed by atoms with E-state index >= 15 is 0 Å². The molecule has 0 fully saturated rings. The number of rotatable bonds is 4. The molecule has 0 radical (unpaired) electrons. The second-order valence-electron chi connectivity index (χ2n) is 3.81. The number of nitrogens with zero attached hydrogens (tertiary/aromatic N) is 2. The van der Waals surface area contributed by atoms with Crippen LogP contribution in [0.2, 0.25) is 0 Å². The number of nitrogens with two attached hydrogens (primary N) is 3. The Morgan fingerprint density at radius 1 is 1.26 bits per heavy atom. The molecule has 7 N–H and O–H groups in total. The summed E-state index contributed by atoms with van der Waals surface area (Å²) < 4.78 is 0. The number of nitrogens with one attached hydrogen (secondary N) is 1. The predicted molar refractivity (Wildman–Crippen MR) is 75.9 cm³/mol. The normalized spacial score (nSPS) is 10.9. The molecule has 1 aromatic carbocycles. The van der Waals surface area contributed by atoms with Gasteiger partial charge in [0, 0.05) is 13.5 Å². The first-order valence-electron chi connectivity index (χ1n) is 5.75. The lowest BCUT2D eigenvalue weighted by atomic mass is 10.1. The van der Waals surface area contributed by atoms with Crippen molar-refractivity contribution < 1.29 is 4.79 Å². The van der Waals surface area contributed by atoms with Gasteiger partial charge in [-0.15, -0.1) is 0 Å². The minimum Gasteiger partial charge on any atom is -0.370 e. The third-order valence-electron chi connectivity index (χ3n) is 2.37. The fourth-order valence-electron chi connectivity index (χ4n) is 1.49. The van der Waals surface area contributed by atoms with Crippen LogP contribution in [-0.2, 0) is 11.2 Å². The second kappa shape index (κ2) is 7.00. The van der Waals surface area contributed by atoms with E-state index in [1.165, 1.54) is 0 Å². The molecule has 1 amide bonds. The molecular weight excluding hydrogens is 244 g/mol. The zero-order valence-corrected chi connectivity index (χ0v) is 10.8. The van der Waals surface area contributed by atoms with Gasteiger partial charge in [0.05, 0.1) is 5.69 Å². The fraction of sp³-hybridized carbons (Fsp3) is 0.250. The van der Waals surface area contributed by atoms with E-state index in [4.69, 9.17) is 17.2 Å². The Morgan fingerprint density at radius 3 is 2.58 bits per heavy atom. The fourth-order valence-corrected chi connectivity index (χ4v) is 1.49. The molecule has 0 saturated carbocycles. The van der Waals surface area contributed by atoms with E-state index in [9.17, 15) is 4.79 Å². The highest BCUT2D eigenvalue weighted by Gasteiger charge is 2.04. The number of hydrogen-bond acceptors (Lipinski definition) is 2. The Morgan fingerprint density at radius 2 is 1.95 bits per heavy atom. The van der Waals surface area contributed by atoms with Crippen LogP contribution < -0.4 is 22.5 Å². The van der Waals surface area contributed by atoms with Gasteiger partial charge in [0.25, 0.3) is 0 Å². The first kappa shape index (κ1) is 14.5. The molecular formula is C12H18N6O. The average Bonchev–Trinajstić information content (AvgIpc) is 2.36. The van der Waals surface area contributed by atoms with E-state index in [0.717, 1.165) is 5.56 Å². The quantitative estimate of drug-likeness (QED) is 0.433. The van der Waals surface area contributed by atoms with E-state index in [-0.39, 0.29) is 17.8 Å². The first-order chi connectivity index (χ1) is 9.02. The summed E-state index contributed by atoms with van der Waals surface area (Å²) in [6.07, 6.45) is 0.944. The number of para-hydroxylation sites is 1. The maximum atomic E-state index is 11.2. The molecule has 102 valence electrons. The van der Waals surface area contributed by atoms with Crippen LogP contribution in [0.1, 0.15) is 12.0 Å². The topological polar surface area (TPSA) is 132 Å². The molecule has 7 heteroatoms. The molecule has 0 saturated heterocycles. The molecule has 0 atom stereocenters. The second-order valence-corrected chi connectivity index (χ2v) is 3.81. The van der Waals surface area contributed by atoms with Crippen molar-refractivity contribution in [1.82, 2.24) is 5.32 Å². The number of hydrogen-bond donors (Lipinski definition) is 4. The van der Waals surface area contributed by atoms with Crippen LogP contribution in [0.15, 0.2) is 34.3 Å². The highest BCUT2D eigenvalue weighted by Crippen LogP contribution is 2.20. The van der Waals surface area contributed by atoms with Crippen LogP contribution in [0.3, 0.4) is 0 Å². The summed E-state index contributed by atoms with van der Waals surface area (Å²) in [5.74, 6) is -0.201. The van der Waals surface area contributed by atoms with Crippen LogP contribution in [0.4, 0.5) is 5.69 Å². The number of aliphatic imine (C=N–C) groups is 2.